The number of aryl methyl sites for hydroxylation is 1. The van der Waals surface area contributed by atoms with Gasteiger partial charge in [-0.2, -0.15) is 0 Å². The number of hydrogen-bond donors (Lipinski definition) is 3. The van der Waals surface area contributed by atoms with Gasteiger partial charge >= 0.3 is 0 Å². The van der Waals surface area contributed by atoms with Crippen molar-refractivity contribution in [1.82, 2.24) is 14.7 Å². The number of nitrogens with one attached hydrogen (secondary N) is 2. The van der Waals surface area contributed by atoms with Gasteiger partial charge in [0.25, 0.3) is 11.8 Å². The predicted molar refractivity (Wildman–Crippen MR) is 132 cm³/mol. The molecule has 4 aromatic rings. The summed E-state index contributed by atoms with van der Waals surface area (Å²) in [6.07, 6.45) is 2.21. The molecule has 8 heteroatoms. The van der Waals surface area contributed by atoms with E-state index in [4.69, 9.17) is 0 Å². The molecule has 2 atom stereocenters. The summed E-state index contributed by atoms with van der Waals surface area (Å²) in [5.41, 5.74) is 2.54. The molecule has 0 saturated heterocycles. The Bertz CT molecular complexity index is 1370. The standard InChI is InChI=1S/C27H27FN4O3/c1-16(2)24(25(33)18-7-5-4-6-8-18)31-26(34)19-9-10-20(28)21(14-19)30-27(35)22-15-29-23-13-17(3)11-12-32(22)23/h4-16,24-25,33H,1-3H3,(H,30,35)(H,31,34). The van der Waals surface area contributed by atoms with Gasteiger partial charge in [0, 0.05) is 11.8 Å². The Balaban J connectivity index is 1.54. The molecule has 7 nitrogen and oxygen atoms in total. The van der Waals surface area contributed by atoms with Gasteiger partial charge in [-0.3, -0.25) is 14.0 Å². The van der Waals surface area contributed by atoms with Crippen LogP contribution in [0.5, 0.6) is 0 Å². The second kappa shape index (κ2) is 10.1. The number of anilines is 1. The molecule has 0 bridgehead atoms. The number of fused-ring (bicyclic) bond motifs is 1. The molecule has 2 aromatic heterocycles. The van der Waals surface area contributed by atoms with Crippen LogP contribution in [0.25, 0.3) is 5.65 Å². The summed E-state index contributed by atoms with van der Waals surface area (Å²) < 4.78 is 16.1. The van der Waals surface area contributed by atoms with Crippen molar-refractivity contribution in [3.8, 4) is 0 Å². The van der Waals surface area contributed by atoms with E-state index < -0.39 is 29.8 Å². The monoisotopic (exact) mass is 474 g/mol. The Hall–Kier alpha value is -4.04. The lowest BCUT2D eigenvalue weighted by molar-refractivity contribution is 0.0759. The Kier molecular flexibility index (Phi) is 6.93. The maximum absolute atomic E-state index is 14.5. The number of halogens is 1. The van der Waals surface area contributed by atoms with Crippen LogP contribution in [0, 0.1) is 18.7 Å². The molecular formula is C27H27FN4O3. The van der Waals surface area contributed by atoms with Crippen LogP contribution in [-0.4, -0.2) is 32.3 Å². The quantitative estimate of drug-likeness (QED) is 0.367. The molecule has 0 saturated carbocycles. The van der Waals surface area contributed by atoms with Crippen molar-refractivity contribution in [3.05, 3.63) is 101 Å². The van der Waals surface area contributed by atoms with Crippen molar-refractivity contribution in [3.63, 3.8) is 0 Å². The molecule has 180 valence electrons. The van der Waals surface area contributed by atoms with Crippen molar-refractivity contribution in [2.24, 2.45) is 5.92 Å². The van der Waals surface area contributed by atoms with E-state index in [0.29, 0.717) is 11.2 Å². The van der Waals surface area contributed by atoms with Crippen LogP contribution in [0.1, 0.15) is 51.9 Å². The first-order valence-electron chi connectivity index (χ1n) is 11.3. The number of aliphatic hydroxyl groups excluding tert-OH is 1. The molecule has 4 rings (SSSR count). The topological polar surface area (TPSA) is 95.7 Å². The summed E-state index contributed by atoms with van der Waals surface area (Å²) in [4.78, 5) is 30.1. The third-order valence-corrected chi connectivity index (χ3v) is 5.88. The van der Waals surface area contributed by atoms with Crippen LogP contribution in [0.3, 0.4) is 0 Å². The van der Waals surface area contributed by atoms with Gasteiger partial charge in [0.05, 0.1) is 24.0 Å². The first kappa shape index (κ1) is 24.1. The van der Waals surface area contributed by atoms with E-state index in [1.807, 2.05) is 51.1 Å². The van der Waals surface area contributed by atoms with Crippen LogP contribution in [0.2, 0.25) is 0 Å². The number of carbonyl (C=O) groups is 2. The average molecular weight is 475 g/mol. The maximum atomic E-state index is 14.5. The Morgan fingerprint density at radius 3 is 2.49 bits per heavy atom. The molecule has 0 aliphatic carbocycles. The van der Waals surface area contributed by atoms with Crippen molar-refractivity contribution in [2.45, 2.75) is 32.9 Å². The number of carbonyl (C=O) groups excluding carboxylic acids is 2. The molecule has 2 aromatic carbocycles. The summed E-state index contributed by atoms with van der Waals surface area (Å²) in [5, 5.41) is 16.2. The second-order valence-electron chi connectivity index (χ2n) is 8.82. The number of hydrogen-bond acceptors (Lipinski definition) is 4. The van der Waals surface area contributed by atoms with E-state index in [-0.39, 0.29) is 22.9 Å². The van der Waals surface area contributed by atoms with Gasteiger partial charge in [0.15, 0.2) is 0 Å². The molecule has 2 unspecified atom stereocenters. The lowest BCUT2D eigenvalue weighted by Crippen LogP contribution is -2.43. The zero-order valence-electron chi connectivity index (χ0n) is 19.7. The number of amides is 2. The molecule has 2 heterocycles. The molecule has 2 amide bonds. The van der Waals surface area contributed by atoms with Crippen molar-refractivity contribution >= 4 is 23.1 Å². The second-order valence-corrected chi connectivity index (χ2v) is 8.82. The van der Waals surface area contributed by atoms with E-state index in [0.717, 1.165) is 11.6 Å². The van der Waals surface area contributed by atoms with E-state index in [1.165, 1.54) is 18.3 Å². The molecule has 0 aliphatic heterocycles. The van der Waals surface area contributed by atoms with Gasteiger partial charge in [-0.1, -0.05) is 44.2 Å². The highest BCUT2D eigenvalue weighted by Gasteiger charge is 2.26. The van der Waals surface area contributed by atoms with Crippen LogP contribution in [-0.2, 0) is 0 Å². The normalized spacial score (nSPS) is 13.0. The smallest absolute Gasteiger partial charge is 0.274 e. The number of pyridine rings is 1. The van der Waals surface area contributed by atoms with E-state index >= 15 is 0 Å². The molecule has 0 radical (unpaired) electrons. The summed E-state index contributed by atoms with van der Waals surface area (Å²) >= 11 is 0. The van der Waals surface area contributed by atoms with Gasteiger partial charge in [0.2, 0.25) is 0 Å². The number of rotatable bonds is 7. The number of aliphatic hydroxyl groups is 1. The molecule has 35 heavy (non-hydrogen) atoms. The molecule has 3 N–H and O–H groups in total. The minimum atomic E-state index is -0.918. The Morgan fingerprint density at radius 1 is 1.03 bits per heavy atom. The molecule has 0 fully saturated rings. The third-order valence-electron chi connectivity index (χ3n) is 5.88. The number of benzene rings is 2. The average Bonchev–Trinajstić information content (AvgIpc) is 3.26. The third kappa shape index (κ3) is 5.22. The maximum Gasteiger partial charge on any atom is 0.274 e. The molecule has 0 aliphatic rings. The van der Waals surface area contributed by atoms with Gasteiger partial charge in [-0.15, -0.1) is 0 Å². The van der Waals surface area contributed by atoms with Crippen molar-refractivity contribution < 1.29 is 19.1 Å². The summed E-state index contributed by atoms with van der Waals surface area (Å²) in [6.45, 7) is 5.71. The van der Waals surface area contributed by atoms with E-state index in [9.17, 15) is 19.1 Å². The molecule has 0 spiro atoms. The van der Waals surface area contributed by atoms with E-state index in [2.05, 4.69) is 15.6 Å². The van der Waals surface area contributed by atoms with Crippen molar-refractivity contribution in [1.29, 1.82) is 0 Å². The van der Waals surface area contributed by atoms with Gasteiger partial charge < -0.3 is 15.7 Å². The first-order chi connectivity index (χ1) is 16.7. The fourth-order valence-corrected chi connectivity index (χ4v) is 3.90. The minimum absolute atomic E-state index is 0.0763. The lowest BCUT2D eigenvalue weighted by atomic mass is 9.93. The fourth-order valence-electron chi connectivity index (χ4n) is 3.90. The lowest BCUT2D eigenvalue weighted by Gasteiger charge is -2.28. The van der Waals surface area contributed by atoms with Gasteiger partial charge in [-0.05, 0) is 54.3 Å². The first-order valence-corrected chi connectivity index (χ1v) is 11.3. The van der Waals surface area contributed by atoms with Crippen LogP contribution in [0.15, 0.2) is 73.1 Å². The summed E-state index contributed by atoms with van der Waals surface area (Å²) in [7, 11) is 0. The number of aromatic nitrogens is 2. The van der Waals surface area contributed by atoms with Crippen LogP contribution >= 0.6 is 0 Å². The summed E-state index contributed by atoms with van der Waals surface area (Å²) in [6, 6.07) is 15.9. The predicted octanol–water partition coefficient (Wildman–Crippen LogP) is 4.52. The minimum Gasteiger partial charge on any atom is -0.386 e. The van der Waals surface area contributed by atoms with Crippen LogP contribution in [0.4, 0.5) is 10.1 Å². The van der Waals surface area contributed by atoms with Crippen molar-refractivity contribution in [2.75, 3.05) is 5.32 Å². The van der Waals surface area contributed by atoms with Crippen LogP contribution < -0.4 is 10.6 Å². The van der Waals surface area contributed by atoms with E-state index in [1.54, 1.807) is 22.7 Å². The molecular weight excluding hydrogens is 447 g/mol. The highest BCUT2D eigenvalue weighted by Crippen LogP contribution is 2.23. The fraction of sp³-hybridized carbons (Fsp3) is 0.222. The van der Waals surface area contributed by atoms with Gasteiger partial charge in [0.1, 0.15) is 17.2 Å². The highest BCUT2D eigenvalue weighted by molar-refractivity contribution is 6.04. The zero-order valence-corrected chi connectivity index (χ0v) is 19.7. The number of nitrogens with zero attached hydrogens (tertiary/aromatic N) is 2. The zero-order chi connectivity index (χ0) is 25.1. The van der Waals surface area contributed by atoms with Gasteiger partial charge in [-0.25, -0.2) is 9.37 Å². The summed E-state index contributed by atoms with van der Waals surface area (Å²) in [5.74, 6) is -1.80. The Labute approximate surface area is 202 Å². The SMILES string of the molecule is Cc1ccn2c(C(=O)Nc3cc(C(=O)NC(C(C)C)C(O)c4ccccc4)ccc3F)cnc2c1. The number of imidazole rings is 1. The Morgan fingerprint density at radius 2 is 1.77 bits per heavy atom. The highest BCUT2D eigenvalue weighted by atomic mass is 19.1. The largest absolute Gasteiger partial charge is 0.386 e.